The zero-order valence-corrected chi connectivity index (χ0v) is 11.0. The van der Waals surface area contributed by atoms with Crippen LogP contribution in [0.25, 0.3) is 11.0 Å². The summed E-state index contributed by atoms with van der Waals surface area (Å²) >= 11 is 1.64. The number of carboxylic acids is 1. The number of aryl methyl sites for hydroxylation is 1. The van der Waals surface area contributed by atoms with Gasteiger partial charge in [-0.05, 0) is 35.4 Å². The molecule has 0 bridgehead atoms. The van der Waals surface area contributed by atoms with Crippen molar-refractivity contribution in [2.75, 3.05) is 0 Å². The first-order chi connectivity index (χ1) is 9.15. The zero-order valence-electron chi connectivity index (χ0n) is 10.2. The number of aromatic carboxylic acids is 1. The molecule has 0 fully saturated rings. The number of pyridine rings is 1. The van der Waals surface area contributed by atoms with Crippen LogP contribution < -0.4 is 0 Å². The molecule has 3 aromatic heterocycles. The van der Waals surface area contributed by atoms with E-state index in [1.165, 1.54) is 0 Å². The predicted molar refractivity (Wildman–Crippen MR) is 72.6 cm³/mol. The monoisotopic (exact) mass is 273 g/mol. The fourth-order valence-electron chi connectivity index (χ4n) is 1.98. The van der Waals surface area contributed by atoms with Crippen LogP contribution >= 0.6 is 11.3 Å². The summed E-state index contributed by atoms with van der Waals surface area (Å²) in [4.78, 5) is 15.4. The summed E-state index contributed by atoms with van der Waals surface area (Å²) in [6.07, 6.45) is 1.65. The van der Waals surface area contributed by atoms with Crippen LogP contribution in [0.3, 0.4) is 0 Å². The molecule has 3 heterocycles. The van der Waals surface area contributed by atoms with E-state index >= 15 is 0 Å². The van der Waals surface area contributed by atoms with Crippen molar-refractivity contribution in [1.82, 2.24) is 14.8 Å². The first kappa shape index (κ1) is 11.9. The molecule has 0 aliphatic carbocycles. The molecule has 0 amide bonds. The number of hydrogen-bond donors (Lipinski definition) is 1. The quantitative estimate of drug-likeness (QED) is 0.796. The maximum Gasteiger partial charge on any atom is 0.337 e. The topological polar surface area (TPSA) is 68.0 Å². The van der Waals surface area contributed by atoms with Crippen LogP contribution in [-0.2, 0) is 6.54 Å². The summed E-state index contributed by atoms with van der Waals surface area (Å²) < 4.78 is 1.79. The van der Waals surface area contributed by atoms with Crippen LogP contribution in [0.15, 0.2) is 29.1 Å². The lowest BCUT2D eigenvalue weighted by Gasteiger charge is -2.03. The Morgan fingerprint density at radius 2 is 2.37 bits per heavy atom. The average Bonchev–Trinajstić information content (AvgIpc) is 2.99. The molecule has 0 saturated carbocycles. The van der Waals surface area contributed by atoms with E-state index in [9.17, 15) is 4.79 Å². The van der Waals surface area contributed by atoms with Gasteiger partial charge in [-0.25, -0.2) is 14.5 Å². The van der Waals surface area contributed by atoms with E-state index in [1.54, 1.807) is 35.2 Å². The third-order valence-electron chi connectivity index (χ3n) is 2.94. The van der Waals surface area contributed by atoms with Gasteiger partial charge in [0.15, 0.2) is 5.65 Å². The zero-order chi connectivity index (χ0) is 13.4. The Bertz CT molecular complexity index is 747. The van der Waals surface area contributed by atoms with Gasteiger partial charge < -0.3 is 5.11 Å². The van der Waals surface area contributed by atoms with Gasteiger partial charge in [0.05, 0.1) is 24.0 Å². The molecule has 0 saturated heterocycles. The lowest BCUT2D eigenvalue weighted by atomic mass is 10.2. The minimum absolute atomic E-state index is 0.225. The van der Waals surface area contributed by atoms with Crippen molar-refractivity contribution >= 4 is 28.3 Å². The predicted octanol–water partition coefficient (Wildman–Crippen LogP) is 2.55. The van der Waals surface area contributed by atoms with Crippen molar-refractivity contribution in [2.45, 2.75) is 13.5 Å². The molecule has 0 radical (unpaired) electrons. The Balaban J connectivity index is 2.08. The Kier molecular flexibility index (Phi) is 2.79. The fourth-order valence-corrected chi connectivity index (χ4v) is 2.64. The third-order valence-corrected chi connectivity index (χ3v) is 3.68. The average molecular weight is 273 g/mol. The number of fused-ring (bicyclic) bond motifs is 1. The smallest absolute Gasteiger partial charge is 0.337 e. The molecule has 0 unspecified atom stereocenters. The second kappa shape index (κ2) is 4.47. The van der Waals surface area contributed by atoms with Crippen LogP contribution in [0.4, 0.5) is 0 Å². The van der Waals surface area contributed by atoms with E-state index in [2.05, 4.69) is 15.5 Å². The number of carbonyl (C=O) groups is 1. The molecule has 6 heteroatoms. The molecule has 3 rings (SSSR count). The molecule has 0 aliphatic rings. The minimum Gasteiger partial charge on any atom is -0.478 e. The Morgan fingerprint density at radius 3 is 3.05 bits per heavy atom. The van der Waals surface area contributed by atoms with Crippen LogP contribution in [0, 0.1) is 6.92 Å². The summed E-state index contributed by atoms with van der Waals surface area (Å²) in [5.74, 6) is -0.961. The van der Waals surface area contributed by atoms with Gasteiger partial charge >= 0.3 is 5.97 Å². The van der Waals surface area contributed by atoms with Gasteiger partial charge in [-0.1, -0.05) is 0 Å². The largest absolute Gasteiger partial charge is 0.478 e. The Morgan fingerprint density at radius 1 is 1.53 bits per heavy atom. The van der Waals surface area contributed by atoms with Gasteiger partial charge in [-0.3, -0.25) is 0 Å². The number of thiophene rings is 1. The van der Waals surface area contributed by atoms with Crippen molar-refractivity contribution in [3.8, 4) is 0 Å². The van der Waals surface area contributed by atoms with Crippen molar-refractivity contribution in [3.05, 3.63) is 45.9 Å². The SMILES string of the molecule is Cc1nc2c(cnn2Cc2ccsc2)cc1C(=O)O. The standard InChI is InChI=1S/C13H11N3O2S/c1-8-11(13(17)18)4-10-5-14-16(12(10)15-8)6-9-2-3-19-7-9/h2-5,7H,6H2,1H3,(H,17,18). The summed E-state index contributed by atoms with van der Waals surface area (Å²) in [6, 6.07) is 3.66. The van der Waals surface area contributed by atoms with E-state index < -0.39 is 5.97 Å². The van der Waals surface area contributed by atoms with E-state index in [0.717, 1.165) is 10.9 Å². The normalized spacial score (nSPS) is 11.0. The Labute approximate surface area is 113 Å². The second-order valence-corrected chi connectivity index (χ2v) is 5.05. The highest BCUT2D eigenvalue weighted by Gasteiger charge is 2.13. The first-order valence-electron chi connectivity index (χ1n) is 5.72. The van der Waals surface area contributed by atoms with Crippen molar-refractivity contribution in [2.24, 2.45) is 0 Å². The highest BCUT2D eigenvalue weighted by molar-refractivity contribution is 7.07. The molecule has 5 nitrogen and oxygen atoms in total. The number of carboxylic acid groups (broad SMARTS) is 1. The van der Waals surface area contributed by atoms with Gasteiger partial charge in [0.25, 0.3) is 0 Å². The molecule has 1 N–H and O–H groups in total. The molecule has 0 atom stereocenters. The number of aromatic nitrogens is 3. The first-order valence-corrected chi connectivity index (χ1v) is 6.67. The van der Waals surface area contributed by atoms with Crippen molar-refractivity contribution < 1.29 is 9.90 Å². The van der Waals surface area contributed by atoms with Crippen LogP contribution in [0.5, 0.6) is 0 Å². The molecule has 0 aromatic carbocycles. The maximum atomic E-state index is 11.1. The van der Waals surface area contributed by atoms with Gasteiger partial charge in [0.2, 0.25) is 0 Å². The lowest BCUT2D eigenvalue weighted by Crippen LogP contribution is -2.05. The van der Waals surface area contributed by atoms with Crippen LogP contribution in [0.1, 0.15) is 21.6 Å². The molecule has 0 aliphatic heterocycles. The highest BCUT2D eigenvalue weighted by atomic mass is 32.1. The molecule has 0 spiro atoms. The Hall–Kier alpha value is -2.21. The maximum absolute atomic E-state index is 11.1. The molecular formula is C13H11N3O2S. The van der Waals surface area contributed by atoms with E-state index in [1.807, 2.05) is 11.4 Å². The van der Waals surface area contributed by atoms with Crippen molar-refractivity contribution in [3.63, 3.8) is 0 Å². The minimum atomic E-state index is -0.961. The van der Waals surface area contributed by atoms with Gasteiger partial charge in [-0.2, -0.15) is 16.4 Å². The summed E-state index contributed by atoms with van der Waals surface area (Å²) in [5, 5.41) is 18.2. The number of rotatable bonds is 3. The number of hydrogen-bond acceptors (Lipinski definition) is 4. The van der Waals surface area contributed by atoms with Crippen molar-refractivity contribution in [1.29, 1.82) is 0 Å². The highest BCUT2D eigenvalue weighted by Crippen LogP contribution is 2.18. The van der Waals surface area contributed by atoms with Gasteiger partial charge in [-0.15, -0.1) is 0 Å². The number of nitrogens with zero attached hydrogens (tertiary/aromatic N) is 3. The summed E-state index contributed by atoms with van der Waals surface area (Å²) in [7, 11) is 0. The van der Waals surface area contributed by atoms with E-state index in [4.69, 9.17) is 5.11 Å². The molecule has 96 valence electrons. The van der Waals surface area contributed by atoms with Gasteiger partial charge in [0, 0.05) is 5.39 Å². The third kappa shape index (κ3) is 2.10. The van der Waals surface area contributed by atoms with Crippen LogP contribution in [-0.4, -0.2) is 25.8 Å². The molecular weight excluding hydrogens is 262 g/mol. The summed E-state index contributed by atoms with van der Waals surface area (Å²) in [5.41, 5.74) is 2.61. The second-order valence-electron chi connectivity index (χ2n) is 4.27. The van der Waals surface area contributed by atoms with E-state index in [-0.39, 0.29) is 5.56 Å². The van der Waals surface area contributed by atoms with E-state index in [0.29, 0.717) is 17.9 Å². The summed E-state index contributed by atoms with van der Waals surface area (Å²) in [6.45, 7) is 2.34. The van der Waals surface area contributed by atoms with Gasteiger partial charge in [0.1, 0.15) is 0 Å². The lowest BCUT2D eigenvalue weighted by molar-refractivity contribution is 0.0696. The molecule has 19 heavy (non-hydrogen) atoms. The fraction of sp³-hybridized carbons (Fsp3) is 0.154. The molecule has 3 aromatic rings. The van der Waals surface area contributed by atoms with Crippen LogP contribution in [0.2, 0.25) is 0 Å².